The highest BCUT2D eigenvalue weighted by Gasteiger charge is 2.43. The Bertz CT molecular complexity index is 939. The number of rotatable bonds is 2. The highest BCUT2D eigenvalue weighted by molar-refractivity contribution is 5.94. The molecule has 0 radical (unpaired) electrons. The van der Waals surface area contributed by atoms with E-state index >= 15 is 0 Å². The third kappa shape index (κ3) is 4.65. The van der Waals surface area contributed by atoms with E-state index < -0.39 is 11.7 Å². The van der Waals surface area contributed by atoms with Crippen LogP contribution in [-0.2, 0) is 6.18 Å². The molecule has 2 aromatic rings. The van der Waals surface area contributed by atoms with Gasteiger partial charge in [-0.3, -0.25) is 9.78 Å². The molecule has 2 aliphatic heterocycles. The minimum absolute atomic E-state index is 0.00162. The summed E-state index contributed by atoms with van der Waals surface area (Å²) in [7, 11) is 0. The van der Waals surface area contributed by atoms with Crippen LogP contribution in [0.1, 0.15) is 35.2 Å². The molecule has 1 aromatic carbocycles. The molecule has 3 heterocycles. The van der Waals surface area contributed by atoms with Crippen molar-refractivity contribution in [3.05, 3.63) is 59.9 Å². The molecule has 0 unspecified atom stereocenters. The summed E-state index contributed by atoms with van der Waals surface area (Å²) in [5, 5.41) is 2.67. The van der Waals surface area contributed by atoms with Gasteiger partial charge >= 0.3 is 12.2 Å². The third-order valence-electron chi connectivity index (χ3n) is 6.23. The van der Waals surface area contributed by atoms with Crippen molar-refractivity contribution in [2.45, 2.75) is 25.4 Å². The minimum atomic E-state index is -4.41. The molecule has 6 nitrogen and oxygen atoms in total. The molecule has 3 amide bonds. The van der Waals surface area contributed by atoms with Gasteiger partial charge in [-0.2, -0.15) is 13.2 Å². The van der Waals surface area contributed by atoms with E-state index in [0.717, 1.165) is 31.4 Å². The Kier molecular flexibility index (Phi) is 5.60. The van der Waals surface area contributed by atoms with E-state index in [1.807, 2.05) is 4.90 Å². The van der Waals surface area contributed by atoms with Gasteiger partial charge in [-0.05, 0) is 61.1 Å². The molecule has 0 bridgehead atoms. The Labute approximate surface area is 178 Å². The Balaban J connectivity index is 1.30. The lowest BCUT2D eigenvalue weighted by Crippen LogP contribution is -2.46. The zero-order chi connectivity index (χ0) is 22.1. The topological polar surface area (TPSA) is 65.5 Å². The molecule has 2 aliphatic rings. The van der Waals surface area contributed by atoms with Crippen molar-refractivity contribution in [2.24, 2.45) is 5.41 Å². The predicted molar refractivity (Wildman–Crippen MR) is 108 cm³/mol. The Morgan fingerprint density at radius 1 is 0.903 bits per heavy atom. The molecule has 31 heavy (non-hydrogen) atoms. The summed E-state index contributed by atoms with van der Waals surface area (Å²) in [5.74, 6) is 0.00162. The maximum atomic E-state index is 12.7. The van der Waals surface area contributed by atoms with Crippen LogP contribution in [-0.4, -0.2) is 52.9 Å². The molecule has 0 aliphatic carbocycles. The van der Waals surface area contributed by atoms with Crippen LogP contribution >= 0.6 is 0 Å². The van der Waals surface area contributed by atoms with Gasteiger partial charge < -0.3 is 15.1 Å². The molecular weight excluding hydrogens is 409 g/mol. The number of alkyl halides is 3. The highest BCUT2D eigenvalue weighted by Crippen LogP contribution is 2.41. The molecule has 0 atom stereocenters. The van der Waals surface area contributed by atoms with E-state index in [1.165, 1.54) is 12.1 Å². The molecule has 0 saturated carbocycles. The lowest BCUT2D eigenvalue weighted by Gasteiger charge is -2.39. The largest absolute Gasteiger partial charge is 0.416 e. The summed E-state index contributed by atoms with van der Waals surface area (Å²) in [5.41, 5.74) is 0.208. The number of carbonyl (C=O) groups is 2. The van der Waals surface area contributed by atoms with Gasteiger partial charge in [0.25, 0.3) is 5.91 Å². The monoisotopic (exact) mass is 432 g/mol. The van der Waals surface area contributed by atoms with Crippen LogP contribution in [0.3, 0.4) is 0 Å². The summed E-state index contributed by atoms with van der Waals surface area (Å²) >= 11 is 0. The fraction of sp³-hybridized carbons (Fsp3) is 0.409. The fourth-order valence-electron chi connectivity index (χ4n) is 4.32. The molecule has 2 fully saturated rings. The lowest BCUT2D eigenvalue weighted by molar-refractivity contribution is -0.137. The number of nitrogens with zero attached hydrogens (tertiary/aromatic N) is 3. The molecular formula is C22H23F3N4O2. The zero-order valence-corrected chi connectivity index (χ0v) is 16.9. The normalized spacial score (nSPS) is 18.3. The van der Waals surface area contributed by atoms with E-state index in [-0.39, 0.29) is 17.4 Å². The third-order valence-corrected chi connectivity index (χ3v) is 6.23. The minimum Gasteiger partial charge on any atom is -0.338 e. The number of benzene rings is 1. The quantitative estimate of drug-likeness (QED) is 0.771. The number of piperidine rings is 1. The summed E-state index contributed by atoms with van der Waals surface area (Å²) in [6.45, 7) is 2.45. The summed E-state index contributed by atoms with van der Waals surface area (Å²) in [6.07, 6.45) is 1.27. The molecule has 9 heteroatoms. The van der Waals surface area contributed by atoms with Crippen molar-refractivity contribution < 1.29 is 22.8 Å². The Hall–Kier alpha value is -3.10. The van der Waals surface area contributed by atoms with Crippen molar-refractivity contribution in [1.29, 1.82) is 0 Å². The van der Waals surface area contributed by atoms with Gasteiger partial charge in [-0.15, -0.1) is 0 Å². The SMILES string of the molecule is O=C(Nc1ccc(C(F)(F)F)cc1)N1CCC2(CC1)CCN(C(=O)c1ccncc1)C2. The van der Waals surface area contributed by atoms with Gasteiger partial charge in [0.15, 0.2) is 0 Å². The first-order chi connectivity index (χ1) is 14.8. The second-order valence-corrected chi connectivity index (χ2v) is 8.20. The van der Waals surface area contributed by atoms with E-state index in [4.69, 9.17) is 0 Å². The molecule has 1 N–H and O–H groups in total. The number of anilines is 1. The number of halogens is 3. The lowest BCUT2D eigenvalue weighted by atomic mass is 9.78. The number of hydrogen-bond acceptors (Lipinski definition) is 3. The smallest absolute Gasteiger partial charge is 0.338 e. The number of pyridine rings is 1. The maximum absolute atomic E-state index is 12.7. The number of likely N-dealkylation sites (tertiary alicyclic amines) is 2. The summed E-state index contributed by atoms with van der Waals surface area (Å²) in [6, 6.07) is 7.51. The number of aromatic nitrogens is 1. The first-order valence-corrected chi connectivity index (χ1v) is 10.2. The van der Waals surface area contributed by atoms with Crippen LogP contribution in [0.2, 0.25) is 0 Å². The first kappa shape index (κ1) is 21.1. The average molecular weight is 432 g/mol. The summed E-state index contributed by atoms with van der Waals surface area (Å²) in [4.78, 5) is 32.7. The van der Waals surface area contributed by atoms with Crippen molar-refractivity contribution in [3.63, 3.8) is 0 Å². The number of carbonyl (C=O) groups excluding carboxylic acids is 2. The number of nitrogens with one attached hydrogen (secondary N) is 1. The predicted octanol–water partition coefficient (Wildman–Crippen LogP) is 4.26. The van der Waals surface area contributed by atoms with Crippen LogP contribution < -0.4 is 5.32 Å². The van der Waals surface area contributed by atoms with Crippen molar-refractivity contribution in [2.75, 3.05) is 31.5 Å². The second kappa shape index (κ2) is 8.20. The highest BCUT2D eigenvalue weighted by atomic mass is 19.4. The van der Waals surface area contributed by atoms with Crippen LogP contribution in [0.25, 0.3) is 0 Å². The Morgan fingerprint density at radius 3 is 2.06 bits per heavy atom. The average Bonchev–Trinajstić information content (AvgIpc) is 3.17. The van der Waals surface area contributed by atoms with Crippen LogP contribution in [0.4, 0.5) is 23.7 Å². The van der Waals surface area contributed by atoms with Gasteiger partial charge in [-0.25, -0.2) is 4.79 Å². The summed E-state index contributed by atoms with van der Waals surface area (Å²) < 4.78 is 38.0. The molecule has 2 saturated heterocycles. The molecule has 1 aromatic heterocycles. The van der Waals surface area contributed by atoms with Gasteiger partial charge in [-0.1, -0.05) is 0 Å². The zero-order valence-electron chi connectivity index (χ0n) is 16.9. The van der Waals surface area contributed by atoms with Gasteiger partial charge in [0.1, 0.15) is 0 Å². The molecule has 4 rings (SSSR count). The number of amides is 3. The standard InChI is InChI=1S/C22H23F3N4O2/c23-22(24,25)17-1-3-18(4-2-17)27-20(31)28-12-7-21(8-13-28)9-14-29(15-21)19(30)16-5-10-26-11-6-16/h1-6,10-11H,7-9,12-15H2,(H,27,31). The van der Waals surface area contributed by atoms with E-state index in [0.29, 0.717) is 37.4 Å². The second-order valence-electron chi connectivity index (χ2n) is 8.20. The van der Waals surface area contributed by atoms with Gasteiger partial charge in [0.05, 0.1) is 5.56 Å². The molecule has 164 valence electrons. The van der Waals surface area contributed by atoms with E-state index in [1.54, 1.807) is 29.4 Å². The molecule has 1 spiro atoms. The van der Waals surface area contributed by atoms with Crippen molar-refractivity contribution in [1.82, 2.24) is 14.8 Å². The van der Waals surface area contributed by atoms with Crippen LogP contribution in [0, 0.1) is 5.41 Å². The number of hydrogen-bond donors (Lipinski definition) is 1. The van der Waals surface area contributed by atoms with Gasteiger partial charge in [0, 0.05) is 49.8 Å². The van der Waals surface area contributed by atoms with Crippen molar-refractivity contribution in [3.8, 4) is 0 Å². The van der Waals surface area contributed by atoms with E-state index in [2.05, 4.69) is 10.3 Å². The number of urea groups is 1. The van der Waals surface area contributed by atoms with Crippen LogP contribution in [0.5, 0.6) is 0 Å². The maximum Gasteiger partial charge on any atom is 0.416 e. The van der Waals surface area contributed by atoms with Gasteiger partial charge in [0.2, 0.25) is 0 Å². The van der Waals surface area contributed by atoms with Crippen molar-refractivity contribution >= 4 is 17.6 Å². The fourth-order valence-corrected chi connectivity index (χ4v) is 4.32. The van der Waals surface area contributed by atoms with Crippen LogP contribution in [0.15, 0.2) is 48.8 Å². The van der Waals surface area contributed by atoms with E-state index in [9.17, 15) is 22.8 Å². The first-order valence-electron chi connectivity index (χ1n) is 10.2. The Morgan fingerprint density at radius 2 is 1.48 bits per heavy atom.